The Morgan fingerprint density at radius 3 is 2.79 bits per heavy atom. The second kappa shape index (κ2) is 5.96. The van der Waals surface area contributed by atoms with Gasteiger partial charge in [0, 0.05) is 18.7 Å². The molecule has 2 heterocycles. The molecule has 0 radical (unpaired) electrons. The third-order valence-electron chi connectivity index (χ3n) is 4.20. The van der Waals surface area contributed by atoms with Crippen molar-refractivity contribution in [1.82, 2.24) is 10.2 Å². The molecule has 0 saturated carbocycles. The van der Waals surface area contributed by atoms with Crippen LogP contribution in [0.5, 0.6) is 0 Å². The highest BCUT2D eigenvalue weighted by atomic mass is 16.6. The smallest absolute Gasteiger partial charge is 0.414 e. The van der Waals surface area contributed by atoms with Crippen LogP contribution in [0.1, 0.15) is 55.6 Å². The number of amides is 2. The zero-order valence-electron chi connectivity index (χ0n) is 14.7. The molecule has 1 unspecified atom stereocenters. The van der Waals surface area contributed by atoms with E-state index in [0.717, 1.165) is 23.2 Å². The van der Waals surface area contributed by atoms with E-state index >= 15 is 0 Å². The molecule has 1 N–H and O–H groups in total. The van der Waals surface area contributed by atoms with Gasteiger partial charge in [-0.2, -0.15) is 0 Å². The molecule has 2 aliphatic heterocycles. The number of hydrogen-bond donors (Lipinski definition) is 1. The van der Waals surface area contributed by atoms with E-state index in [1.807, 2.05) is 39.0 Å². The normalized spacial score (nSPS) is 20.3. The first kappa shape index (κ1) is 16.6. The van der Waals surface area contributed by atoms with Crippen LogP contribution in [0.3, 0.4) is 0 Å². The van der Waals surface area contributed by atoms with Crippen molar-refractivity contribution in [2.75, 3.05) is 6.54 Å². The van der Waals surface area contributed by atoms with Crippen molar-refractivity contribution in [2.24, 2.45) is 5.92 Å². The molecule has 0 aliphatic carbocycles. The molecule has 24 heavy (non-hydrogen) atoms. The van der Waals surface area contributed by atoms with Crippen LogP contribution in [0.2, 0.25) is 0 Å². The molecule has 0 fully saturated rings. The van der Waals surface area contributed by atoms with Gasteiger partial charge in [-0.05, 0) is 50.3 Å². The van der Waals surface area contributed by atoms with Gasteiger partial charge in [0.05, 0.1) is 5.70 Å². The van der Waals surface area contributed by atoms with Gasteiger partial charge in [-0.25, -0.2) is 4.79 Å². The first-order chi connectivity index (χ1) is 11.2. The second-order valence-electron chi connectivity index (χ2n) is 7.58. The number of nitrogens with one attached hydrogen (secondary N) is 1. The molecule has 5 nitrogen and oxygen atoms in total. The summed E-state index contributed by atoms with van der Waals surface area (Å²) in [7, 11) is 0. The second-order valence-corrected chi connectivity index (χ2v) is 7.58. The number of nitrogens with zero attached hydrogens (tertiary/aromatic N) is 1. The average Bonchev–Trinajstić information content (AvgIpc) is 2.86. The molecular formula is C19H24N2O3. The lowest BCUT2D eigenvalue weighted by atomic mass is 9.96. The Morgan fingerprint density at radius 1 is 1.33 bits per heavy atom. The lowest BCUT2D eigenvalue weighted by Gasteiger charge is -2.34. The van der Waals surface area contributed by atoms with Crippen LogP contribution in [0, 0.1) is 5.92 Å². The number of rotatable bonds is 1. The number of ether oxygens (including phenoxy) is 1. The van der Waals surface area contributed by atoms with E-state index in [9.17, 15) is 9.59 Å². The molecule has 5 heteroatoms. The zero-order chi connectivity index (χ0) is 17.5. The highest BCUT2D eigenvalue weighted by molar-refractivity contribution is 5.99. The van der Waals surface area contributed by atoms with Crippen LogP contribution in [0.25, 0.3) is 5.70 Å². The summed E-state index contributed by atoms with van der Waals surface area (Å²) in [6, 6.07) is 5.80. The summed E-state index contributed by atoms with van der Waals surface area (Å²) in [5.74, 6) is 0.319. The maximum Gasteiger partial charge on any atom is 0.414 e. The molecule has 3 rings (SSSR count). The van der Waals surface area contributed by atoms with Gasteiger partial charge in [0.15, 0.2) is 0 Å². The van der Waals surface area contributed by atoms with Gasteiger partial charge in [0.25, 0.3) is 5.91 Å². The van der Waals surface area contributed by atoms with E-state index in [4.69, 9.17) is 4.74 Å². The first-order valence-electron chi connectivity index (χ1n) is 8.37. The Balaban J connectivity index is 1.93. The summed E-state index contributed by atoms with van der Waals surface area (Å²) in [5, 5.41) is 2.82. The third kappa shape index (κ3) is 3.30. The standard InChI is InChI=1S/C19H24N2O3/c1-12-5-8-16(21(11-12)18(23)24-19(2,3)4)13-6-7-14-10-20-17(22)15(14)9-13/h6-9,12H,5,10-11H2,1-4H3,(H,20,22). The summed E-state index contributed by atoms with van der Waals surface area (Å²) in [6.07, 6.45) is 2.62. The fourth-order valence-corrected chi connectivity index (χ4v) is 3.04. The largest absolute Gasteiger partial charge is 0.443 e. The highest BCUT2D eigenvalue weighted by Gasteiger charge is 2.30. The van der Waals surface area contributed by atoms with Crippen molar-refractivity contribution < 1.29 is 14.3 Å². The van der Waals surface area contributed by atoms with Crippen molar-refractivity contribution in [3.8, 4) is 0 Å². The van der Waals surface area contributed by atoms with Gasteiger partial charge in [-0.3, -0.25) is 9.69 Å². The van der Waals surface area contributed by atoms with Crippen LogP contribution in [0.15, 0.2) is 24.3 Å². The van der Waals surface area contributed by atoms with Crippen molar-refractivity contribution in [2.45, 2.75) is 46.3 Å². The predicted octanol–water partition coefficient (Wildman–Crippen LogP) is 3.55. The molecule has 2 aliphatic rings. The fourth-order valence-electron chi connectivity index (χ4n) is 3.04. The molecule has 0 spiro atoms. The zero-order valence-corrected chi connectivity index (χ0v) is 14.7. The van der Waals surface area contributed by atoms with Crippen molar-refractivity contribution in [3.05, 3.63) is 41.0 Å². The van der Waals surface area contributed by atoms with Gasteiger partial charge >= 0.3 is 6.09 Å². The molecule has 1 aromatic carbocycles. The summed E-state index contributed by atoms with van der Waals surface area (Å²) in [5.41, 5.74) is 2.85. The molecule has 2 amide bonds. The number of carbonyl (C=O) groups excluding carboxylic acids is 2. The van der Waals surface area contributed by atoms with Crippen LogP contribution in [-0.4, -0.2) is 29.0 Å². The summed E-state index contributed by atoms with van der Waals surface area (Å²) >= 11 is 0. The lowest BCUT2D eigenvalue weighted by molar-refractivity contribution is 0.0327. The highest BCUT2D eigenvalue weighted by Crippen LogP contribution is 2.31. The SMILES string of the molecule is CC1CC=C(c2ccc3c(c2)C(=O)NC3)N(C(=O)OC(C)(C)C)C1. The molecule has 0 aromatic heterocycles. The first-order valence-corrected chi connectivity index (χ1v) is 8.37. The van der Waals surface area contributed by atoms with Gasteiger partial charge in [-0.15, -0.1) is 0 Å². The van der Waals surface area contributed by atoms with Crippen LogP contribution in [0.4, 0.5) is 4.79 Å². The number of hydrogen-bond acceptors (Lipinski definition) is 3. The summed E-state index contributed by atoms with van der Waals surface area (Å²) < 4.78 is 5.56. The van der Waals surface area contributed by atoms with Gasteiger partial charge in [-0.1, -0.05) is 25.1 Å². The van der Waals surface area contributed by atoms with Gasteiger partial charge in [0.2, 0.25) is 0 Å². The topological polar surface area (TPSA) is 58.6 Å². The van der Waals surface area contributed by atoms with E-state index in [-0.39, 0.29) is 12.0 Å². The number of fused-ring (bicyclic) bond motifs is 1. The van der Waals surface area contributed by atoms with Crippen LogP contribution in [-0.2, 0) is 11.3 Å². The predicted molar refractivity (Wildman–Crippen MR) is 92.3 cm³/mol. The van der Waals surface area contributed by atoms with Crippen molar-refractivity contribution >= 4 is 17.7 Å². The Bertz CT molecular complexity index is 716. The maximum absolute atomic E-state index is 12.6. The summed E-state index contributed by atoms with van der Waals surface area (Å²) in [4.78, 5) is 26.2. The van der Waals surface area contributed by atoms with Crippen molar-refractivity contribution in [1.29, 1.82) is 0 Å². The minimum atomic E-state index is -0.541. The van der Waals surface area contributed by atoms with E-state index in [1.165, 1.54) is 0 Å². The van der Waals surface area contributed by atoms with Gasteiger partial charge < -0.3 is 10.1 Å². The van der Waals surface area contributed by atoms with E-state index in [2.05, 4.69) is 18.3 Å². The van der Waals surface area contributed by atoms with Crippen molar-refractivity contribution in [3.63, 3.8) is 0 Å². The molecule has 1 aromatic rings. The molecule has 128 valence electrons. The van der Waals surface area contributed by atoms with E-state index in [0.29, 0.717) is 24.6 Å². The average molecular weight is 328 g/mol. The molecule has 0 saturated heterocycles. The Hall–Kier alpha value is -2.30. The lowest BCUT2D eigenvalue weighted by Crippen LogP contribution is -2.39. The molecule has 0 bridgehead atoms. The third-order valence-corrected chi connectivity index (χ3v) is 4.20. The van der Waals surface area contributed by atoms with E-state index in [1.54, 1.807) is 4.90 Å². The molecule has 1 atom stereocenters. The Labute approximate surface area is 142 Å². The molecular weight excluding hydrogens is 304 g/mol. The monoisotopic (exact) mass is 328 g/mol. The maximum atomic E-state index is 12.6. The Kier molecular flexibility index (Phi) is 4.11. The van der Waals surface area contributed by atoms with Gasteiger partial charge in [0.1, 0.15) is 5.60 Å². The number of carbonyl (C=O) groups is 2. The minimum Gasteiger partial charge on any atom is -0.443 e. The quantitative estimate of drug-likeness (QED) is 0.858. The number of benzene rings is 1. The number of allylic oxidation sites excluding steroid dienone is 1. The van der Waals surface area contributed by atoms with Crippen LogP contribution >= 0.6 is 0 Å². The summed E-state index contributed by atoms with van der Waals surface area (Å²) in [6.45, 7) is 8.88. The van der Waals surface area contributed by atoms with Crippen LogP contribution < -0.4 is 5.32 Å². The Morgan fingerprint density at radius 2 is 2.08 bits per heavy atom. The fraction of sp³-hybridized carbons (Fsp3) is 0.474. The van der Waals surface area contributed by atoms with E-state index < -0.39 is 5.60 Å². The minimum absolute atomic E-state index is 0.0551.